The molecule has 32 heavy (non-hydrogen) atoms. The van der Waals surface area contributed by atoms with Crippen molar-refractivity contribution in [2.45, 2.75) is 62.5 Å². The van der Waals surface area contributed by atoms with Gasteiger partial charge in [-0.25, -0.2) is 22.8 Å². The standard InChI is InChI=1S/C22H30N6O3S/c1-3-4-13-24-22-25-14-19-20(15-5-11-18(12-6-15)32(30,31)23-2)27-28(21(19)26-22)16-7-9-17(29)10-8-16/h5-6,11-12,14,16-17,23,29H,3-4,7-10,13H2,1-2H3,(H,24,25,26)/t16-,17-. The molecular weight excluding hydrogens is 428 g/mol. The fourth-order valence-electron chi connectivity index (χ4n) is 4.07. The van der Waals surface area contributed by atoms with Crippen molar-refractivity contribution in [1.29, 1.82) is 0 Å². The average Bonchev–Trinajstić information content (AvgIpc) is 3.19. The summed E-state index contributed by atoms with van der Waals surface area (Å²) in [5.74, 6) is 0.574. The van der Waals surface area contributed by atoms with Gasteiger partial charge in [-0.3, -0.25) is 0 Å². The first kappa shape index (κ1) is 22.6. The number of nitrogens with one attached hydrogen (secondary N) is 2. The summed E-state index contributed by atoms with van der Waals surface area (Å²) in [6.07, 6.45) is 6.80. The molecule has 1 aromatic carbocycles. The number of rotatable bonds is 8. The first-order valence-corrected chi connectivity index (χ1v) is 12.6. The van der Waals surface area contributed by atoms with E-state index >= 15 is 0 Å². The van der Waals surface area contributed by atoms with Gasteiger partial charge < -0.3 is 10.4 Å². The number of hydrogen-bond donors (Lipinski definition) is 3. The Hall–Kier alpha value is -2.56. The Morgan fingerprint density at radius 2 is 1.88 bits per heavy atom. The Morgan fingerprint density at radius 3 is 2.53 bits per heavy atom. The first-order chi connectivity index (χ1) is 15.4. The SMILES string of the molecule is CCCCNc1ncc2c(-c3ccc(S(=O)(=O)NC)cc3)nn([C@H]3CC[C@H](O)CC3)c2n1. The van der Waals surface area contributed by atoms with E-state index in [2.05, 4.69) is 21.9 Å². The topological polar surface area (TPSA) is 122 Å². The largest absolute Gasteiger partial charge is 0.393 e. The van der Waals surface area contributed by atoms with E-state index in [1.165, 1.54) is 7.05 Å². The molecule has 0 radical (unpaired) electrons. The maximum Gasteiger partial charge on any atom is 0.240 e. The van der Waals surface area contributed by atoms with Gasteiger partial charge in [0.1, 0.15) is 5.69 Å². The minimum absolute atomic E-state index is 0.150. The molecule has 9 nitrogen and oxygen atoms in total. The van der Waals surface area contributed by atoms with E-state index in [9.17, 15) is 13.5 Å². The van der Waals surface area contributed by atoms with Gasteiger partial charge in [-0.15, -0.1) is 0 Å². The van der Waals surface area contributed by atoms with Crippen molar-refractivity contribution < 1.29 is 13.5 Å². The molecule has 1 aliphatic carbocycles. The first-order valence-electron chi connectivity index (χ1n) is 11.1. The number of sulfonamides is 1. The minimum atomic E-state index is -3.51. The monoisotopic (exact) mass is 458 g/mol. The van der Waals surface area contributed by atoms with E-state index in [4.69, 9.17) is 10.1 Å². The maximum absolute atomic E-state index is 12.1. The van der Waals surface area contributed by atoms with Crippen LogP contribution in [-0.4, -0.2) is 53.0 Å². The van der Waals surface area contributed by atoms with E-state index in [1.54, 1.807) is 30.5 Å². The fraction of sp³-hybridized carbons (Fsp3) is 0.500. The van der Waals surface area contributed by atoms with E-state index in [0.29, 0.717) is 5.95 Å². The normalized spacial score (nSPS) is 19.3. The Labute approximate surface area is 188 Å². The zero-order chi connectivity index (χ0) is 22.7. The third-order valence-electron chi connectivity index (χ3n) is 5.98. The van der Waals surface area contributed by atoms with Crippen LogP contribution in [0.4, 0.5) is 5.95 Å². The summed E-state index contributed by atoms with van der Waals surface area (Å²) in [5, 5.41) is 18.9. The number of aromatic nitrogens is 4. The number of aliphatic hydroxyl groups is 1. The van der Waals surface area contributed by atoms with Gasteiger partial charge in [0.2, 0.25) is 16.0 Å². The number of benzene rings is 1. The van der Waals surface area contributed by atoms with Gasteiger partial charge >= 0.3 is 0 Å². The van der Waals surface area contributed by atoms with Crippen molar-refractivity contribution in [3.8, 4) is 11.3 Å². The lowest BCUT2D eigenvalue weighted by atomic mass is 9.93. The third-order valence-corrected chi connectivity index (χ3v) is 7.41. The zero-order valence-electron chi connectivity index (χ0n) is 18.5. The van der Waals surface area contributed by atoms with Gasteiger partial charge in [-0.1, -0.05) is 25.5 Å². The molecule has 1 fully saturated rings. The number of anilines is 1. The molecule has 2 aromatic heterocycles. The molecule has 0 aliphatic heterocycles. The van der Waals surface area contributed by atoms with Crippen LogP contribution >= 0.6 is 0 Å². The van der Waals surface area contributed by atoms with Crippen molar-refractivity contribution in [1.82, 2.24) is 24.5 Å². The van der Waals surface area contributed by atoms with Crippen LogP contribution in [-0.2, 0) is 10.0 Å². The highest BCUT2D eigenvalue weighted by atomic mass is 32.2. The molecule has 1 aliphatic rings. The highest BCUT2D eigenvalue weighted by Gasteiger charge is 2.25. The molecule has 0 bridgehead atoms. The minimum Gasteiger partial charge on any atom is -0.393 e. The molecule has 10 heteroatoms. The van der Waals surface area contributed by atoms with Gasteiger partial charge in [0.15, 0.2) is 5.65 Å². The van der Waals surface area contributed by atoms with Crippen molar-refractivity contribution in [3.05, 3.63) is 30.5 Å². The summed E-state index contributed by atoms with van der Waals surface area (Å²) in [6.45, 7) is 2.94. The van der Waals surface area contributed by atoms with Crippen molar-refractivity contribution in [2.24, 2.45) is 0 Å². The second-order valence-electron chi connectivity index (χ2n) is 8.20. The van der Waals surface area contributed by atoms with Crippen LogP contribution in [0.25, 0.3) is 22.3 Å². The van der Waals surface area contributed by atoms with Crippen LogP contribution in [0.2, 0.25) is 0 Å². The number of aliphatic hydroxyl groups excluding tert-OH is 1. The van der Waals surface area contributed by atoms with Crippen LogP contribution in [0.5, 0.6) is 0 Å². The van der Waals surface area contributed by atoms with Crippen LogP contribution in [0.1, 0.15) is 51.5 Å². The van der Waals surface area contributed by atoms with E-state index in [1.807, 2.05) is 4.68 Å². The summed E-state index contributed by atoms with van der Waals surface area (Å²) in [5.41, 5.74) is 2.27. The summed E-state index contributed by atoms with van der Waals surface area (Å²) >= 11 is 0. The molecule has 3 aromatic rings. The predicted molar refractivity (Wildman–Crippen MR) is 124 cm³/mol. The van der Waals surface area contributed by atoms with Crippen LogP contribution < -0.4 is 10.0 Å². The lowest BCUT2D eigenvalue weighted by Gasteiger charge is -2.25. The molecule has 1 saturated carbocycles. The Bertz CT molecular complexity index is 1170. The summed E-state index contributed by atoms with van der Waals surface area (Å²) in [4.78, 5) is 9.45. The number of hydrogen-bond acceptors (Lipinski definition) is 7. The van der Waals surface area contributed by atoms with Crippen molar-refractivity contribution >= 4 is 27.0 Å². The van der Waals surface area contributed by atoms with Gasteiger partial charge in [-0.05, 0) is 51.3 Å². The summed E-state index contributed by atoms with van der Waals surface area (Å²) in [7, 11) is -2.11. The molecule has 0 spiro atoms. The third kappa shape index (κ3) is 4.62. The van der Waals surface area contributed by atoms with E-state index in [-0.39, 0.29) is 17.0 Å². The van der Waals surface area contributed by atoms with E-state index < -0.39 is 10.0 Å². The molecule has 172 valence electrons. The zero-order valence-corrected chi connectivity index (χ0v) is 19.3. The van der Waals surface area contributed by atoms with Crippen LogP contribution in [0.15, 0.2) is 35.4 Å². The van der Waals surface area contributed by atoms with Crippen LogP contribution in [0.3, 0.4) is 0 Å². The molecule has 4 rings (SSSR count). The maximum atomic E-state index is 12.1. The highest BCUT2D eigenvalue weighted by molar-refractivity contribution is 7.89. The molecular formula is C22H30N6O3S. The average molecular weight is 459 g/mol. The smallest absolute Gasteiger partial charge is 0.240 e. The second-order valence-corrected chi connectivity index (χ2v) is 10.1. The van der Waals surface area contributed by atoms with Gasteiger partial charge in [0.25, 0.3) is 0 Å². The van der Waals surface area contributed by atoms with Crippen molar-refractivity contribution in [2.75, 3.05) is 18.9 Å². The Kier molecular flexibility index (Phi) is 6.73. The summed E-state index contributed by atoms with van der Waals surface area (Å²) in [6, 6.07) is 6.81. The van der Waals surface area contributed by atoms with Crippen LogP contribution in [0, 0.1) is 0 Å². The number of fused-ring (bicyclic) bond motifs is 1. The fourth-order valence-corrected chi connectivity index (χ4v) is 4.80. The Morgan fingerprint density at radius 1 is 1.16 bits per heavy atom. The lowest BCUT2D eigenvalue weighted by molar-refractivity contribution is 0.109. The van der Waals surface area contributed by atoms with E-state index in [0.717, 1.165) is 67.4 Å². The van der Waals surface area contributed by atoms with Gasteiger partial charge in [-0.2, -0.15) is 10.1 Å². The van der Waals surface area contributed by atoms with Gasteiger partial charge in [0, 0.05) is 18.3 Å². The lowest BCUT2D eigenvalue weighted by Crippen LogP contribution is -2.22. The molecule has 0 unspecified atom stereocenters. The quantitative estimate of drug-likeness (QED) is 0.443. The van der Waals surface area contributed by atoms with Gasteiger partial charge in [0.05, 0.1) is 22.4 Å². The highest BCUT2D eigenvalue weighted by Crippen LogP contribution is 2.34. The molecule has 2 heterocycles. The molecule has 0 saturated heterocycles. The Balaban J connectivity index is 1.75. The predicted octanol–water partition coefficient (Wildman–Crippen LogP) is 3.09. The number of nitrogens with zero attached hydrogens (tertiary/aromatic N) is 4. The molecule has 0 atom stereocenters. The molecule has 3 N–H and O–H groups in total. The molecule has 0 amide bonds. The summed E-state index contributed by atoms with van der Waals surface area (Å²) < 4.78 is 28.4. The van der Waals surface area contributed by atoms with Crippen molar-refractivity contribution in [3.63, 3.8) is 0 Å². The number of unbranched alkanes of at least 4 members (excludes halogenated alkanes) is 1. The second kappa shape index (κ2) is 9.51.